The Hall–Kier alpha value is -0.560. The van der Waals surface area contributed by atoms with Crippen LogP contribution in [0.4, 0.5) is 0 Å². The third-order valence-electron chi connectivity index (χ3n) is 10.8. The fourth-order valence-electron chi connectivity index (χ4n) is 8.98. The first-order valence-corrected chi connectivity index (χ1v) is 13.2. The van der Waals surface area contributed by atoms with Gasteiger partial charge in [0.2, 0.25) is 0 Å². The van der Waals surface area contributed by atoms with Crippen molar-refractivity contribution in [2.75, 3.05) is 0 Å². The van der Waals surface area contributed by atoms with Crippen LogP contribution in [-0.4, -0.2) is 11.2 Å². The lowest BCUT2D eigenvalue weighted by atomic mass is 9.47. The van der Waals surface area contributed by atoms with Gasteiger partial charge in [0.1, 0.15) is 0 Å². The summed E-state index contributed by atoms with van der Waals surface area (Å²) in [5, 5.41) is 10.2. The van der Waals surface area contributed by atoms with Crippen molar-refractivity contribution in [3.8, 4) is 0 Å². The van der Waals surface area contributed by atoms with Crippen LogP contribution in [0.3, 0.4) is 0 Å². The van der Waals surface area contributed by atoms with Crippen LogP contribution in [0.15, 0.2) is 23.3 Å². The molecule has 0 unspecified atom stereocenters. The van der Waals surface area contributed by atoms with Crippen molar-refractivity contribution >= 4 is 0 Å². The second-order valence-corrected chi connectivity index (χ2v) is 12.4. The first-order valence-electron chi connectivity index (χ1n) is 13.2. The molecule has 0 heterocycles. The summed E-state index contributed by atoms with van der Waals surface area (Å²) in [6, 6.07) is 0. The molecule has 0 aliphatic heterocycles. The minimum Gasteiger partial charge on any atom is -0.393 e. The van der Waals surface area contributed by atoms with E-state index in [0.717, 1.165) is 42.4 Å². The zero-order chi connectivity index (χ0) is 21.7. The van der Waals surface area contributed by atoms with Gasteiger partial charge in [-0.05, 0) is 117 Å². The lowest BCUT2D eigenvalue weighted by molar-refractivity contribution is -0.0571. The van der Waals surface area contributed by atoms with E-state index in [0.29, 0.717) is 16.7 Å². The summed E-state index contributed by atoms with van der Waals surface area (Å²) in [7, 11) is 0. The highest BCUT2D eigenvalue weighted by atomic mass is 16.3. The predicted octanol–water partition coefficient (Wildman–Crippen LogP) is 7.94. The Labute approximate surface area is 186 Å². The molecular formula is C29H48O. The molecule has 1 nitrogen and oxygen atoms in total. The van der Waals surface area contributed by atoms with Crippen LogP contribution in [0.2, 0.25) is 0 Å². The number of allylic oxidation sites excluding steroid dienone is 3. The third kappa shape index (κ3) is 3.66. The van der Waals surface area contributed by atoms with E-state index in [2.05, 4.69) is 53.7 Å². The summed E-state index contributed by atoms with van der Waals surface area (Å²) in [5.41, 5.74) is 4.21. The molecule has 1 heteroatoms. The Kier molecular flexibility index (Phi) is 6.35. The van der Waals surface area contributed by atoms with Crippen LogP contribution in [0.5, 0.6) is 0 Å². The molecule has 3 fully saturated rings. The smallest absolute Gasteiger partial charge is 0.0577 e. The summed E-state index contributed by atoms with van der Waals surface area (Å²) in [4.78, 5) is 0. The summed E-state index contributed by atoms with van der Waals surface area (Å²) < 4.78 is 0. The minimum absolute atomic E-state index is 0.0839. The standard InChI is InChI=1S/C29H48O/c1-7-21(19(2)3)9-8-20(4)25-12-13-26-24-11-10-22-18-23(30)14-16-28(22,5)27(24)15-17-29(25,26)6/h7,10,19-20,23-27,30H,8-9,11-18H2,1-6H3/b21-7+/t20-,23+,24-,25-,26-,27-,28+,29-/m1/s1. The Bertz CT molecular complexity index is 686. The summed E-state index contributed by atoms with van der Waals surface area (Å²) in [6.45, 7) is 14.7. The Balaban J connectivity index is 1.49. The molecule has 0 bridgehead atoms. The molecule has 8 atom stereocenters. The van der Waals surface area contributed by atoms with Gasteiger partial charge in [0.15, 0.2) is 0 Å². The molecule has 4 rings (SSSR count). The lowest BCUT2D eigenvalue weighted by Crippen LogP contribution is -2.50. The van der Waals surface area contributed by atoms with E-state index >= 15 is 0 Å². The molecule has 0 aromatic carbocycles. The zero-order valence-electron chi connectivity index (χ0n) is 20.7. The van der Waals surface area contributed by atoms with Gasteiger partial charge < -0.3 is 5.11 Å². The van der Waals surface area contributed by atoms with Crippen LogP contribution in [0, 0.1) is 46.3 Å². The predicted molar refractivity (Wildman–Crippen MR) is 128 cm³/mol. The fraction of sp³-hybridized carbons (Fsp3) is 0.862. The van der Waals surface area contributed by atoms with Crippen molar-refractivity contribution in [2.24, 2.45) is 46.3 Å². The van der Waals surface area contributed by atoms with E-state index in [4.69, 9.17) is 0 Å². The van der Waals surface area contributed by atoms with Crippen molar-refractivity contribution in [3.05, 3.63) is 23.3 Å². The van der Waals surface area contributed by atoms with Crippen molar-refractivity contribution in [1.82, 2.24) is 0 Å². The van der Waals surface area contributed by atoms with Crippen molar-refractivity contribution in [3.63, 3.8) is 0 Å². The molecule has 0 radical (unpaired) electrons. The van der Waals surface area contributed by atoms with E-state index in [1.54, 1.807) is 11.1 Å². The molecule has 0 spiro atoms. The van der Waals surface area contributed by atoms with Crippen molar-refractivity contribution in [1.29, 1.82) is 0 Å². The van der Waals surface area contributed by atoms with E-state index in [1.807, 2.05) is 0 Å². The minimum atomic E-state index is -0.0839. The highest BCUT2D eigenvalue weighted by molar-refractivity contribution is 5.25. The highest BCUT2D eigenvalue weighted by Crippen LogP contribution is 2.67. The zero-order valence-corrected chi connectivity index (χ0v) is 20.7. The monoisotopic (exact) mass is 412 g/mol. The van der Waals surface area contributed by atoms with Gasteiger partial charge in [-0.15, -0.1) is 0 Å². The summed E-state index contributed by atoms with van der Waals surface area (Å²) in [6.07, 6.45) is 17.8. The lowest BCUT2D eigenvalue weighted by Gasteiger charge is -2.58. The van der Waals surface area contributed by atoms with Crippen molar-refractivity contribution < 1.29 is 5.11 Å². The number of hydrogen-bond donors (Lipinski definition) is 1. The number of rotatable bonds is 5. The van der Waals surface area contributed by atoms with Gasteiger partial charge in [-0.2, -0.15) is 0 Å². The van der Waals surface area contributed by atoms with Gasteiger partial charge in [0, 0.05) is 0 Å². The second kappa shape index (κ2) is 8.42. The average Bonchev–Trinajstić information content (AvgIpc) is 3.06. The summed E-state index contributed by atoms with van der Waals surface area (Å²) in [5.74, 6) is 5.15. The molecule has 170 valence electrons. The maximum atomic E-state index is 10.2. The van der Waals surface area contributed by atoms with Crippen LogP contribution in [0.1, 0.15) is 106 Å². The second-order valence-electron chi connectivity index (χ2n) is 12.4. The molecule has 4 aliphatic carbocycles. The van der Waals surface area contributed by atoms with Crippen LogP contribution < -0.4 is 0 Å². The topological polar surface area (TPSA) is 20.2 Å². The maximum absolute atomic E-state index is 10.2. The highest BCUT2D eigenvalue weighted by Gasteiger charge is 2.59. The first-order chi connectivity index (χ1) is 14.2. The summed E-state index contributed by atoms with van der Waals surface area (Å²) >= 11 is 0. The number of aliphatic hydroxyl groups is 1. The molecular weight excluding hydrogens is 364 g/mol. The molecule has 0 saturated heterocycles. The molecule has 30 heavy (non-hydrogen) atoms. The van der Waals surface area contributed by atoms with E-state index in [-0.39, 0.29) is 6.10 Å². The first kappa shape index (κ1) is 22.6. The van der Waals surface area contributed by atoms with Gasteiger partial charge >= 0.3 is 0 Å². The number of fused-ring (bicyclic) bond motifs is 5. The largest absolute Gasteiger partial charge is 0.393 e. The molecule has 0 aromatic heterocycles. The molecule has 0 aromatic rings. The average molecular weight is 413 g/mol. The molecule has 4 aliphatic rings. The van der Waals surface area contributed by atoms with Crippen LogP contribution in [-0.2, 0) is 0 Å². The Morgan fingerprint density at radius 2 is 1.87 bits per heavy atom. The van der Waals surface area contributed by atoms with E-state index in [9.17, 15) is 5.11 Å². The van der Waals surface area contributed by atoms with Gasteiger partial charge in [0.25, 0.3) is 0 Å². The normalized spacial score (nSPS) is 44.9. The Morgan fingerprint density at radius 1 is 1.10 bits per heavy atom. The SMILES string of the molecule is C/C=C(\CC[C@@H](C)[C@H]1CC[C@@H]2[C@H]3CC=C4C[C@@H](O)CC[C@]4(C)[C@@H]3CC[C@@]21C)C(C)C. The molecule has 1 N–H and O–H groups in total. The van der Waals surface area contributed by atoms with Crippen molar-refractivity contribution in [2.45, 2.75) is 112 Å². The van der Waals surface area contributed by atoms with Crippen LogP contribution >= 0.6 is 0 Å². The fourth-order valence-corrected chi connectivity index (χ4v) is 8.98. The number of aliphatic hydroxyl groups excluding tert-OH is 1. The van der Waals surface area contributed by atoms with E-state index in [1.165, 1.54) is 51.4 Å². The maximum Gasteiger partial charge on any atom is 0.0577 e. The third-order valence-corrected chi connectivity index (χ3v) is 10.8. The van der Waals surface area contributed by atoms with Gasteiger partial charge in [0.05, 0.1) is 6.10 Å². The van der Waals surface area contributed by atoms with Crippen LogP contribution in [0.25, 0.3) is 0 Å². The quantitative estimate of drug-likeness (QED) is 0.454. The molecule has 0 amide bonds. The van der Waals surface area contributed by atoms with E-state index < -0.39 is 0 Å². The molecule has 3 saturated carbocycles. The van der Waals surface area contributed by atoms with Gasteiger partial charge in [-0.1, -0.05) is 57.9 Å². The van der Waals surface area contributed by atoms with Gasteiger partial charge in [-0.3, -0.25) is 0 Å². The Morgan fingerprint density at radius 3 is 2.57 bits per heavy atom. The number of hydrogen-bond acceptors (Lipinski definition) is 1. The van der Waals surface area contributed by atoms with Gasteiger partial charge in [-0.25, -0.2) is 0 Å².